The fourth-order valence-corrected chi connectivity index (χ4v) is 1.96. The van der Waals surface area contributed by atoms with Crippen LogP contribution in [0.3, 0.4) is 0 Å². The molecular weight excluding hydrogens is 333 g/mol. The molecule has 16 heavy (non-hydrogen) atoms. The lowest BCUT2D eigenvalue weighted by Gasteiger charge is -2.25. The zero-order valence-electron chi connectivity index (χ0n) is 8.41. The van der Waals surface area contributed by atoms with Crippen LogP contribution in [-0.2, 0) is 6.54 Å². The number of aliphatic hydroxyl groups excluding tert-OH is 2. The first-order valence-corrected chi connectivity index (χ1v) is 6.04. The molecule has 0 amide bonds. The molecule has 0 radical (unpaired) electrons. The number of nitro groups is 1. The fourth-order valence-electron chi connectivity index (χ4n) is 1.23. The first-order chi connectivity index (χ1) is 7.58. The summed E-state index contributed by atoms with van der Waals surface area (Å²) in [7, 11) is 0. The number of halogens is 1. The average Bonchev–Trinajstić information content (AvgIpc) is 2.74. The SMILES string of the molecule is O=[N+]([O-])c1nccn1CC(CO)(CO)C[131I]. The topological polar surface area (TPSA) is 101 Å². The van der Waals surface area contributed by atoms with Crippen molar-refractivity contribution in [1.29, 1.82) is 0 Å². The normalized spacial score (nSPS) is 11.7. The monoisotopic (exact) mass is 345 g/mol. The molecule has 0 saturated heterocycles. The van der Waals surface area contributed by atoms with Crippen LogP contribution in [0.5, 0.6) is 0 Å². The molecule has 0 saturated carbocycles. The highest BCUT2D eigenvalue weighted by atomic mass is 131. The van der Waals surface area contributed by atoms with Crippen LogP contribution in [0.2, 0.25) is 0 Å². The first-order valence-electron chi connectivity index (χ1n) is 4.52. The summed E-state index contributed by atoms with van der Waals surface area (Å²) in [6.07, 6.45) is 2.79. The second-order valence-electron chi connectivity index (χ2n) is 3.56. The zero-order valence-corrected chi connectivity index (χ0v) is 10.6. The van der Waals surface area contributed by atoms with Gasteiger partial charge in [-0.3, -0.25) is 0 Å². The molecule has 1 aromatic heterocycles. The van der Waals surface area contributed by atoms with Gasteiger partial charge in [0.1, 0.15) is 12.4 Å². The Morgan fingerprint density at radius 3 is 2.62 bits per heavy atom. The predicted octanol–water partition coefficient (Wildman–Crippen LogP) is 0.197. The van der Waals surface area contributed by atoms with Crippen molar-refractivity contribution in [1.82, 2.24) is 9.55 Å². The Morgan fingerprint density at radius 2 is 2.19 bits per heavy atom. The van der Waals surface area contributed by atoms with Crippen molar-refractivity contribution in [2.24, 2.45) is 5.41 Å². The van der Waals surface area contributed by atoms with Gasteiger partial charge in [0.15, 0.2) is 0 Å². The molecule has 0 atom stereocenters. The van der Waals surface area contributed by atoms with E-state index >= 15 is 0 Å². The van der Waals surface area contributed by atoms with Crippen LogP contribution in [0.1, 0.15) is 0 Å². The summed E-state index contributed by atoms with van der Waals surface area (Å²) >= 11 is 2.03. The van der Waals surface area contributed by atoms with Gasteiger partial charge in [-0.05, 0) is 4.92 Å². The van der Waals surface area contributed by atoms with Gasteiger partial charge in [-0.15, -0.1) is 0 Å². The molecule has 1 rings (SSSR count). The van der Waals surface area contributed by atoms with E-state index in [0.717, 1.165) is 0 Å². The van der Waals surface area contributed by atoms with Crippen molar-refractivity contribution in [3.8, 4) is 0 Å². The van der Waals surface area contributed by atoms with E-state index in [-0.39, 0.29) is 25.7 Å². The van der Waals surface area contributed by atoms with Gasteiger partial charge >= 0.3 is 5.95 Å². The number of hydrogen-bond acceptors (Lipinski definition) is 5. The first kappa shape index (κ1) is 13.3. The van der Waals surface area contributed by atoms with Gasteiger partial charge in [-0.1, -0.05) is 27.6 Å². The Morgan fingerprint density at radius 1 is 1.56 bits per heavy atom. The van der Waals surface area contributed by atoms with Gasteiger partial charge in [0.2, 0.25) is 0 Å². The summed E-state index contributed by atoms with van der Waals surface area (Å²) in [5, 5.41) is 29.1. The van der Waals surface area contributed by atoms with Gasteiger partial charge in [0.05, 0.1) is 25.2 Å². The third-order valence-electron chi connectivity index (χ3n) is 2.32. The van der Waals surface area contributed by atoms with E-state index in [4.69, 9.17) is 0 Å². The Labute approximate surface area is 105 Å². The molecule has 0 fully saturated rings. The van der Waals surface area contributed by atoms with Crippen LogP contribution in [-0.4, -0.2) is 42.3 Å². The zero-order chi connectivity index (χ0) is 12.2. The van der Waals surface area contributed by atoms with Gasteiger partial charge < -0.3 is 20.3 Å². The quantitative estimate of drug-likeness (QED) is 0.332. The summed E-state index contributed by atoms with van der Waals surface area (Å²) in [6.45, 7) is -0.303. The van der Waals surface area contributed by atoms with E-state index in [2.05, 4.69) is 4.98 Å². The molecule has 0 spiro atoms. The van der Waals surface area contributed by atoms with Crippen LogP contribution < -0.4 is 0 Å². The molecule has 0 aliphatic carbocycles. The second-order valence-corrected chi connectivity index (χ2v) is 4.32. The molecule has 0 unspecified atom stereocenters. The summed E-state index contributed by atoms with van der Waals surface area (Å²) in [6, 6.07) is 0. The van der Waals surface area contributed by atoms with Crippen LogP contribution in [0, 0.1) is 15.5 Å². The Bertz CT molecular complexity index is 356. The Hall–Kier alpha value is -0.740. The molecule has 2 N–H and O–H groups in total. The predicted molar refractivity (Wildman–Crippen MR) is 64.4 cm³/mol. The minimum absolute atomic E-state index is 0.166. The summed E-state index contributed by atoms with van der Waals surface area (Å²) in [4.78, 5) is 13.6. The number of nitrogens with zero attached hydrogens (tertiary/aromatic N) is 3. The molecule has 1 aromatic rings. The molecule has 7 nitrogen and oxygen atoms in total. The van der Waals surface area contributed by atoms with E-state index in [1.54, 1.807) is 0 Å². The van der Waals surface area contributed by atoms with Crippen molar-refractivity contribution in [3.63, 3.8) is 0 Å². The summed E-state index contributed by atoms with van der Waals surface area (Å²) in [5.41, 5.74) is -0.758. The summed E-state index contributed by atoms with van der Waals surface area (Å²) < 4.78 is 1.82. The third kappa shape index (κ3) is 2.68. The second kappa shape index (κ2) is 5.55. The van der Waals surface area contributed by atoms with Crippen LogP contribution in [0.25, 0.3) is 0 Å². The maximum atomic E-state index is 10.6. The molecule has 8 heteroatoms. The fraction of sp³-hybridized carbons (Fsp3) is 0.625. The number of rotatable bonds is 6. The van der Waals surface area contributed by atoms with E-state index < -0.39 is 10.3 Å². The maximum absolute atomic E-state index is 10.6. The van der Waals surface area contributed by atoms with Crippen molar-refractivity contribution in [2.45, 2.75) is 6.54 Å². The lowest BCUT2D eigenvalue weighted by Crippen LogP contribution is -2.36. The minimum Gasteiger partial charge on any atom is -0.396 e. The van der Waals surface area contributed by atoms with Gasteiger partial charge in [0, 0.05) is 4.43 Å². The van der Waals surface area contributed by atoms with Crippen molar-refractivity contribution < 1.29 is 15.1 Å². The number of imidazole rings is 1. The minimum atomic E-state index is -0.758. The Balaban J connectivity index is 2.93. The standard InChI is InChI=1S/C8H12IN3O4/c9-3-8(5-13,6-14)4-11-2-1-10-7(11)12(15)16/h1-2,13-14H,3-6H2/i9+4. The number of alkyl halides is 1. The average molecular weight is 345 g/mol. The van der Waals surface area contributed by atoms with Crippen molar-refractivity contribution in [3.05, 3.63) is 22.5 Å². The third-order valence-corrected chi connectivity index (χ3v) is 3.93. The highest BCUT2D eigenvalue weighted by Crippen LogP contribution is 2.24. The van der Waals surface area contributed by atoms with E-state index in [9.17, 15) is 20.3 Å². The van der Waals surface area contributed by atoms with E-state index in [1.807, 2.05) is 22.6 Å². The molecular formula is C8H12IN3O4. The van der Waals surface area contributed by atoms with Gasteiger partial charge in [0.25, 0.3) is 0 Å². The van der Waals surface area contributed by atoms with Crippen LogP contribution in [0.4, 0.5) is 5.95 Å². The van der Waals surface area contributed by atoms with Crippen molar-refractivity contribution >= 4 is 28.5 Å². The molecule has 90 valence electrons. The Kier molecular flexibility index (Phi) is 4.62. The summed E-state index contributed by atoms with van der Waals surface area (Å²) in [5.74, 6) is -0.281. The number of aliphatic hydroxyl groups is 2. The van der Waals surface area contributed by atoms with E-state index in [1.165, 1.54) is 17.0 Å². The number of aromatic nitrogens is 2. The van der Waals surface area contributed by atoms with E-state index in [0.29, 0.717) is 4.43 Å². The van der Waals surface area contributed by atoms with Gasteiger partial charge in [-0.25, -0.2) is 4.57 Å². The molecule has 0 aliphatic rings. The lowest BCUT2D eigenvalue weighted by molar-refractivity contribution is -0.397. The van der Waals surface area contributed by atoms with Crippen LogP contribution >= 0.6 is 22.6 Å². The number of hydrogen-bond donors (Lipinski definition) is 2. The smallest absolute Gasteiger partial charge is 0.396 e. The van der Waals surface area contributed by atoms with Gasteiger partial charge in [-0.2, -0.15) is 0 Å². The lowest BCUT2D eigenvalue weighted by atomic mass is 9.93. The van der Waals surface area contributed by atoms with Crippen molar-refractivity contribution in [2.75, 3.05) is 17.6 Å². The maximum Gasteiger partial charge on any atom is 0.434 e. The van der Waals surface area contributed by atoms with Crippen LogP contribution in [0.15, 0.2) is 12.4 Å². The highest BCUT2D eigenvalue weighted by molar-refractivity contribution is 14.1. The molecule has 0 aliphatic heterocycles. The highest BCUT2D eigenvalue weighted by Gasteiger charge is 2.32. The molecule has 0 aromatic carbocycles. The molecule has 1 heterocycles. The largest absolute Gasteiger partial charge is 0.434 e. The molecule has 0 bridgehead atoms.